The van der Waals surface area contributed by atoms with Crippen LogP contribution in [-0.4, -0.2) is 57.9 Å². The van der Waals surface area contributed by atoms with Gasteiger partial charge in [0.05, 0.1) is 0 Å². The van der Waals surface area contributed by atoms with E-state index in [4.69, 9.17) is 0 Å². The van der Waals surface area contributed by atoms with E-state index in [2.05, 4.69) is 59.9 Å². The van der Waals surface area contributed by atoms with Gasteiger partial charge < -0.3 is 4.90 Å². The summed E-state index contributed by atoms with van der Waals surface area (Å²) in [5.41, 5.74) is 5.31. The normalized spacial score (nSPS) is 20.0. The van der Waals surface area contributed by atoms with Crippen molar-refractivity contribution in [2.45, 2.75) is 77.7 Å². The molecule has 0 radical (unpaired) electrons. The fourth-order valence-corrected chi connectivity index (χ4v) is 5.05. The van der Waals surface area contributed by atoms with Crippen molar-refractivity contribution in [1.82, 2.24) is 19.8 Å². The molecule has 3 heterocycles. The standard InChI is InChI=1S/C27H38N4O/c1-20-24(13-10-21-8-11-22(12-9-21)27(2,3)4)28-19-29-25(20)26(32)31-17-14-23(18-31)30-15-6-5-7-16-30/h8-9,11-12,19,23H,5-7,10,13-18H2,1-4H3. The second kappa shape index (κ2) is 9.70. The summed E-state index contributed by atoms with van der Waals surface area (Å²) in [5, 5.41) is 0. The zero-order chi connectivity index (χ0) is 22.7. The van der Waals surface area contributed by atoms with Gasteiger partial charge in [0.15, 0.2) is 0 Å². The Morgan fingerprint density at radius 2 is 1.72 bits per heavy atom. The first-order valence-electron chi connectivity index (χ1n) is 12.3. The Balaban J connectivity index is 1.39. The Morgan fingerprint density at radius 3 is 2.41 bits per heavy atom. The van der Waals surface area contributed by atoms with E-state index in [9.17, 15) is 4.79 Å². The van der Waals surface area contributed by atoms with Crippen LogP contribution in [0.15, 0.2) is 30.6 Å². The summed E-state index contributed by atoms with van der Waals surface area (Å²) in [5.74, 6) is 0.0696. The Hall–Kier alpha value is -2.27. The van der Waals surface area contributed by atoms with E-state index >= 15 is 0 Å². The minimum absolute atomic E-state index is 0.0696. The number of nitrogens with zero attached hydrogens (tertiary/aromatic N) is 4. The second-order valence-corrected chi connectivity index (χ2v) is 10.5. The van der Waals surface area contributed by atoms with Gasteiger partial charge in [-0.2, -0.15) is 0 Å². The Kier molecular flexibility index (Phi) is 6.94. The minimum atomic E-state index is 0.0696. The summed E-state index contributed by atoms with van der Waals surface area (Å²) >= 11 is 0. The molecule has 0 saturated carbocycles. The lowest BCUT2D eigenvalue weighted by Crippen LogP contribution is -2.41. The lowest BCUT2D eigenvalue weighted by Gasteiger charge is -2.32. The van der Waals surface area contributed by atoms with Gasteiger partial charge in [-0.15, -0.1) is 0 Å². The fourth-order valence-electron chi connectivity index (χ4n) is 5.05. The number of carbonyl (C=O) groups is 1. The van der Waals surface area contributed by atoms with Gasteiger partial charge in [-0.25, -0.2) is 9.97 Å². The molecule has 1 aromatic carbocycles. The van der Waals surface area contributed by atoms with Crippen molar-refractivity contribution in [2.75, 3.05) is 26.2 Å². The quantitative estimate of drug-likeness (QED) is 0.692. The van der Waals surface area contributed by atoms with E-state index in [1.165, 1.54) is 43.5 Å². The van der Waals surface area contributed by atoms with Crippen LogP contribution in [-0.2, 0) is 18.3 Å². The molecule has 1 aromatic heterocycles. The lowest BCUT2D eigenvalue weighted by atomic mass is 9.86. The molecule has 5 nitrogen and oxygen atoms in total. The summed E-state index contributed by atoms with van der Waals surface area (Å²) in [6, 6.07) is 9.39. The molecule has 4 rings (SSSR count). The SMILES string of the molecule is Cc1c(CCc2ccc(C(C)(C)C)cc2)ncnc1C(=O)N1CCC(N2CCCCC2)C1. The number of likely N-dealkylation sites (tertiary alicyclic amines) is 2. The maximum absolute atomic E-state index is 13.3. The Morgan fingerprint density at radius 1 is 1.00 bits per heavy atom. The topological polar surface area (TPSA) is 49.3 Å². The zero-order valence-corrected chi connectivity index (χ0v) is 20.2. The first-order chi connectivity index (χ1) is 15.3. The van der Waals surface area contributed by atoms with Crippen molar-refractivity contribution in [3.05, 3.63) is 58.7 Å². The number of benzene rings is 1. The van der Waals surface area contributed by atoms with Gasteiger partial charge in [-0.05, 0) is 68.7 Å². The summed E-state index contributed by atoms with van der Waals surface area (Å²) in [6.07, 6.45) is 8.30. The van der Waals surface area contributed by atoms with E-state index in [0.29, 0.717) is 11.7 Å². The molecular formula is C27H38N4O. The van der Waals surface area contributed by atoms with Crippen LogP contribution in [0.5, 0.6) is 0 Å². The molecule has 0 aliphatic carbocycles. The molecule has 172 valence electrons. The molecule has 1 unspecified atom stereocenters. The van der Waals surface area contributed by atoms with Crippen LogP contribution < -0.4 is 0 Å². The summed E-state index contributed by atoms with van der Waals surface area (Å²) in [6.45, 7) is 12.7. The van der Waals surface area contributed by atoms with E-state index in [1.54, 1.807) is 6.33 Å². The van der Waals surface area contributed by atoms with Crippen molar-refractivity contribution < 1.29 is 4.79 Å². The van der Waals surface area contributed by atoms with Gasteiger partial charge in [0, 0.05) is 30.4 Å². The predicted octanol–water partition coefficient (Wildman–Crippen LogP) is 4.57. The highest BCUT2D eigenvalue weighted by molar-refractivity contribution is 5.94. The molecule has 5 heteroatoms. The lowest BCUT2D eigenvalue weighted by molar-refractivity contribution is 0.0764. The Bertz CT molecular complexity index is 926. The minimum Gasteiger partial charge on any atom is -0.336 e. The van der Waals surface area contributed by atoms with Crippen molar-refractivity contribution in [3.63, 3.8) is 0 Å². The number of hydrogen-bond acceptors (Lipinski definition) is 4. The summed E-state index contributed by atoms with van der Waals surface area (Å²) in [4.78, 5) is 26.8. The number of amides is 1. The number of aryl methyl sites for hydroxylation is 2. The smallest absolute Gasteiger partial charge is 0.272 e. The molecule has 32 heavy (non-hydrogen) atoms. The van der Waals surface area contributed by atoms with Gasteiger partial charge in [-0.3, -0.25) is 9.69 Å². The van der Waals surface area contributed by atoms with Gasteiger partial charge in [0.2, 0.25) is 0 Å². The number of rotatable bonds is 5. The molecule has 1 amide bonds. The molecular weight excluding hydrogens is 396 g/mol. The molecule has 2 aromatic rings. The van der Waals surface area contributed by atoms with E-state index < -0.39 is 0 Å². The zero-order valence-electron chi connectivity index (χ0n) is 20.2. The van der Waals surface area contributed by atoms with Crippen LogP contribution in [0.2, 0.25) is 0 Å². The summed E-state index contributed by atoms with van der Waals surface area (Å²) in [7, 11) is 0. The first-order valence-corrected chi connectivity index (χ1v) is 12.3. The molecule has 1 atom stereocenters. The third-order valence-electron chi connectivity index (χ3n) is 7.22. The maximum atomic E-state index is 13.3. The van der Waals surface area contributed by atoms with Gasteiger partial charge in [0.1, 0.15) is 12.0 Å². The number of piperidine rings is 1. The monoisotopic (exact) mass is 434 g/mol. The molecule has 0 N–H and O–H groups in total. The second-order valence-electron chi connectivity index (χ2n) is 10.5. The average molecular weight is 435 g/mol. The van der Waals surface area contributed by atoms with Crippen molar-refractivity contribution in [1.29, 1.82) is 0 Å². The fraction of sp³-hybridized carbons (Fsp3) is 0.593. The predicted molar refractivity (Wildman–Crippen MR) is 129 cm³/mol. The van der Waals surface area contributed by atoms with Gasteiger partial charge in [-0.1, -0.05) is 51.5 Å². The van der Waals surface area contributed by atoms with Crippen LogP contribution in [0, 0.1) is 6.92 Å². The number of aromatic nitrogens is 2. The largest absolute Gasteiger partial charge is 0.336 e. The van der Waals surface area contributed by atoms with Crippen LogP contribution in [0.4, 0.5) is 0 Å². The molecule has 0 spiro atoms. The number of hydrogen-bond donors (Lipinski definition) is 0. The summed E-state index contributed by atoms with van der Waals surface area (Å²) < 4.78 is 0. The maximum Gasteiger partial charge on any atom is 0.272 e. The highest BCUT2D eigenvalue weighted by Crippen LogP contribution is 2.24. The first kappa shape index (κ1) is 22.9. The van der Waals surface area contributed by atoms with Gasteiger partial charge in [0.25, 0.3) is 5.91 Å². The van der Waals surface area contributed by atoms with Crippen LogP contribution in [0.1, 0.15) is 79.3 Å². The molecule has 2 aliphatic rings. The van der Waals surface area contributed by atoms with Crippen molar-refractivity contribution >= 4 is 5.91 Å². The van der Waals surface area contributed by atoms with Crippen LogP contribution in [0.3, 0.4) is 0 Å². The Labute approximate surface area is 193 Å². The molecule has 2 fully saturated rings. The van der Waals surface area contributed by atoms with Crippen LogP contribution >= 0.6 is 0 Å². The van der Waals surface area contributed by atoms with E-state index in [1.807, 2.05) is 11.8 Å². The molecule has 0 bridgehead atoms. The van der Waals surface area contributed by atoms with E-state index in [-0.39, 0.29) is 11.3 Å². The van der Waals surface area contributed by atoms with Crippen LogP contribution in [0.25, 0.3) is 0 Å². The molecule has 2 saturated heterocycles. The van der Waals surface area contributed by atoms with E-state index in [0.717, 1.165) is 43.6 Å². The number of carbonyl (C=O) groups excluding carboxylic acids is 1. The molecule has 2 aliphatic heterocycles. The third-order valence-corrected chi connectivity index (χ3v) is 7.22. The average Bonchev–Trinajstić information content (AvgIpc) is 3.29. The highest BCUT2D eigenvalue weighted by Gasteiger charge is 2.32. The van der Waals surface area contributed by atoms with Crippen molar-refractivity contribution in [2.24, 2.45) is 0 Å². The van der Waals surface area contributed by atoms with Crippen molar-refractivity contribution in [3.8, 4) is 0 Å². The third kappa shape index (κ3) is 5.20. The van der Waals surface area contributed by atoms with Gasteiger partial charge >= 0.3 is 0 Å². The highest BCUT2D eigenvalue weighted by atomic mass is 16.2.